The average molecular weight is 291 g/mol. The van der Waals surface area contributed by atoms with Gasteiger partial charge in [0.25, 0.3) is 0 Å². The lowest BCUT2D eigenvalue weighted by Gasteiger charge is -2.07. The second-order valence-corrected chi connectivity index (χ2v) is 5.48. The van der Waals surface area contributed by atoms with E-state index in [0.29, 0.717) is 17.4 Å². The number of hydrogen-bond acceptors (Lipinski definition) is 3. The van der Waals surface area contributed by atoms with Crippen LogP contribution < -0.4 is 4.74 Å². The SMILES string of the molecule is Oc1ccc2scc(COc3ccccc3Cl)c2c1. The lowest BCUT2D eigenvalue weighted by atomic mass is 10.2. The molecule has 3 rings (SSSR count). The van der Waals surface area contributed by atoms with Crippen molar-refractivity contribution in [2.75, 3.05) is 0 Å². The Kier molecular flexibility index (Phi) is 3.32. The van der Waals surface area contributed by atoms with Gasteiger partial charge in [-0.2, -0.15) is 0 Å². The van der Waals surface area contributed by atoms with Gasteiger partial charge in [-0.3, -0.25) is 0 Å². The molecule has 4 heteroatoms. The monoisotopic (exact) mass is 290 g/mol. The maximum Gasteiger partial charge on any atom is 0.138 e. The molecule has 0 aliphatic heterocycles. The Labute approximate surface area is 119 Å². The van der Waals surface area contributed by atoms with Crippen molar-refractivity contribution in [1.29, 1.82) is 0 Å². The maximum atomic E-state index is 9.55. The van der Waals surface area contributed by atoms with Crippen LogP contribution in [0.2, 0.25) is 5.02 Å². The zero-order chi connectivity index (χ0) is 13.2. The molecule has 1 N–H and O–H groups in total. The highest BCUT2D eigenvalue weighted by Gasteiger charge is 2.07. The highest BCUT2D eigenvalue weighted by atomic mass is 35.5. The van der Waals surface area contributed by atoms with E-state index in [0.717, 1.165) is 15.6 Å². The molecule has 0 saturated carbocycles. The standard InChI is InChI=1S/C15H11ClO2S/c16-13-3-1-2-4-14(13)18-8-10-9-19-15-6-5-11(17)7-12(10)15/h1-7,9,17H,8H2. The van der Waals surface area contributed by atoms with Crippen molar-refractivity contribution in [2.24, 2.45) is 0 Å². The Balaban J connectivity index is 1.86. The van der Waals surface area contributed by atoms with Gasteiger partial charge in [0, 0.05) is 15.6 Å². The molecule has 19 heavy (non-hydrogen) atoms. The smallest absolute Gasteiger partial charge is 0.138 e. The van der Waals surface area contributed by atoms with Crippen LogP contribution in [0.5, 0.6) is 11.5 Å². The summed E-state index contributed by atoms with van der Waals surface area (Å²) in [5.74, 6) is 0.938. The first-order chi connectivity index (χ1) is 9.24. The first-order valence-electron chi connectivity index (χ1n) is 5.80. The van der Waals surface area contributed by atoms with Gasteiger partial charge in [0.2, 0.25) is 0 Å². The molecule has 1 aromatic heterocycles. The molecule has 1 heterocycles. The van der Waals surface area contributed by atoms with E-state index in [9.17, 15) is 5.11 Å². The second-order valence-electron chi connectivity index (χ2n) is 4.16. The van der Waals surface area contributed by atoms with Crippen LogP contribution in [-0.4, -0.2) is 5.11 Å². The molecule has 96 valence electrons. The predicted molar refractivity (Wildman–Crippen MR) is 79.3 cm³/mol. The number of benzene rings is 2. The Morgan fingerprint density at radius 3 is 2.84 bits per heavy atom. The van der Waals surface area contributed by atoms with Gasteiger partial charge < -0.3 is 9.84 Å². The van der Waals surface area contributed by atoms with Crippen LogP contribution in [0.1, 0.15) is 5.56 Å². The van der Waals surface area contributed by atoms with E-state index < -0.39 is 0 Å². The number of rotatable bonds is 3. The van der Waals surface area contributed by atoms with Gasteiger partial charge >= 0.3 is 0 Å². The largest absolute Gasteiger partial charge is 0.508 e. The van der Waals surface area contributed by atoms with Crippen molar-refractivity contribution < 1.29 is 9.84 Å². The van der Waals surface area contributed by atoms with Gasteiger partial charge in [0.1, 0.15) is 18.1 Å². The number of para-hydroxylation sites is 1. The van der Waals surface area contributed by atoms with Crippen molar-refractivity contribution in [2.45, 2.75) is 6.61 Å². The Bertz CT molecular complexity index is 721. The summed E-state index contributed by atoms with van der Waals surface area (Å²) in [7, 11) is 0. The molecule has 0 atom stereocenters. The van der Waals surface area contributed by atoms with Crippen LogP contribution in [0.25, 0.3) is 10.1 Å². The third-order valence-corrected chi connectivity index (χ3v) is 4.18. The Hall–Kier alpha value is -1.71. The van der Waals surface area contributed by atoms with Gasteiger partial charge in [0.05, 0.1) is 5.02 Å². The molecule has 0 radical (unpaired) electrons. The van der Waals surface area contributed by atoms with E-state index in [-0.39, 0.29) is 5.75 Å². The van der Waals surface area contributed by atoms with E-state index >= 15 is 0 Å². The number of hydrogen-bond donors (Lipinski definition) is 1. The van der Waals surface area contributed by atoms with Gasteiger partial charge in [-0.1, -0.05) is 23.7 Å². The predicted octanol–water partition coefficient (Wildman–Crippen LogP) is 4.84. The molecule has 0 aliphatic carbocycles. The van der Waals surface area contributed by atoms with E-state index in [4.69, 9.17) is 16.3 Å². The molecule has 2 nitrogen and oxygen atoms in total. The van der Waals surface area contributed by atoms with Gasteiger partial charge in [0.15, 0.2) is 0 Å². The minimum absolute atomic E-state index is 0.268. The first-order valence-corrected chi connectivity index (χ1v) is 7.06. The van der Waals surface area contributed by atoms with Gasteiger partial charge in [-0.05, 0) is 35.7 Å². The molecule has 3 aromatic rings. The molecule has 0 fully saturated rings. The van der Waals surface area contributed by atoms with Crippen molar-refractivity contribution in [1.82, 2.24) is 0 Å². The number of aromatic hydroxyl groups is 1. The quantitative estimate of drug-likeness (QED) is 0.748. The Morgan fingerprint density at radius 2 is 2.00 bits per heavy atom. The zero-order valence-electron chi connectivity index (χ0n) is 9.97. The minimum atomic E-state index is 0.268. The third-order valence-electron chi connectivity index (χ3n) is 2.86. The molecular weight excluding hydrogens is 280 g/mol. The van der Waals surface area contributed by atoms with E-state index in [1.807, 2.05) is 29.6 Å². The van der Waals surface area contributed by atoms with Crippen LogP contribution in [0.4, 0.5) is 0 Å². The fourth-order valence-electron chi connectivity index (χ4n) is 1.90. The summed E-state index contributed by atoms with van der Waals surface area (Å²) in [5.41, 5.74) is 1.05. The van der Waals surface area contributed by atoms with Crippen LogP contribution in [-0.2, 0) is 6.61 Å². The average Bonchev–Trinajstić information content (AvgIpc) is 2.80. The molecular formula is C15H11ClO2S. The molecule has 0 bridgehead atoms. The molecule has 2 aromatic carbocycles. The number of fused-ring (bicyclic) bond motifs is 1. The minimum Gasteiger partial charge on any atom is -0.508 e. The van der Waals surface area contributed by atoms with Gasteiger partial charge in [-0.15, -0.1) is 11.3 Å². The topological polar surface area (TPSA) is 29.5 Å². The van der Waals surface area contributed by atoms with Gasteiger partial charge in [-0.25, -0.2) is 0 Å². The number of ether oxygens (including phenoxy) is 1. The van der Waals surface area contributed by atoms with Crippen molar-refractivity contribution in [3.8, 4) is 11.5 Å². The number of phenolic OH excluding ortho intramolecular Hbond substituents is 1. The molecule has 0 amide bonds. The molecule has 0 spiro atoms. The fourth-order valence-corrected chi connectivity index (χ4v) is 3.02. The summed E-state index contributed by atoms with van der Waals surface area (Å²) in [6.07, 6.45) is 0. The van der Waals surface area contributed by atoms with E-state index in [2.05, 4.69) is 0 Å². The third kappa shape index (κ3) is 2.53. The highest BCUT2D eigenvalue weighted by molar-refractivity contribution is 7.17. The number of halogens is 1. The number of thiophene rings is 1. The van der Waals surface area contributed by atoms with Crippen LogP contribution in [0, 0.1) is 0 Å². The van der Waals surface area contributed by atoms with Crippen LogP contribution in [0.3, 0.4) is 0 Å². The zero-order valence-corrected chi connectivity index (χ0v) is 11.5. The fraction of sp³-hybridized carbons (Fsp3) is 0.0667. The molecule has 0 aliphatic rings. The van der Waals surface area contributed by atoms with Crippen molar-refractivity contribution >= 4 is 33.0 Å². The van der Waals surface area contributed by atoms with E-state index in [1.165, 1.54) is 0 Å². The molecule has 0 unspecified atom stereocenters. The lowest BCUT2D eigenvalue weighted by molar-refractivity contribution is 0.308. The normalized spacial score (nSPS) is 10.8. The summed E-state index contributed by atoms with van der Waals surface area (Å²) in [6.45, 7) is 0.438. The first kappa shape index (κ1) is 12.3. The summed E-state index contributed by atoms with van der Waals surface area (Å²) < 4.78 is 6.86. The molecule has 0 saturated heterocycles. The number of phenols is 1. The van der Waals surface area contributed by atoms with Crippen LogP contribution >= 0.6 is 22.9 Å². The second kappa shape index (κ2) is 5.11. The Morgan fingerprint density at radius 1 is 1.16 bits per heavy atom. The summed E-state index contributed by atoms with van der Waals surface area (Å²) in [4.78, 5) is 0. The lowest BCUT2D eigenvalue weighted by Crippen LogP contribution is -1.94. The highest BCUT2D eigenvalue weighted by Crippen LogP contribution is 2.31. The summed E-state index contributed by atoms with van der Waals surface area (Å²) >= 11 is 7.68. The van der Waals surface area contributed by atoms with E-state index in [1.54, 1.807) is 29.5 Å². The van der Waals surface area contributed by atoms with Crippen molar-refractivity contribution in [3.05, 3.63) is 58.4 Å². The van der Waals surface area contributed by atoms with Crippen molar-refractivity contribution in [3.63, 3.8) is 0 Å². The summed E-state index contributed by atoms with van der Waals surface area (Å²) in [5, 5.41) is 13.2. The maximum absolute atomic E-state index is 9.55. The van der Waals surface area contributed by atoms with Crippen LogP contribution in [0.15, 0.2) is 47.8 Å². The summed E-state index contributed by atoms with van der Waals surface area (Å²) in [6, 6.07) is 12.8.